The van der Waals surface area contributed by atoms with Crippen LogP contribution < -0.4 is 0 Å². The van der Waals surface area contributed by atoms with Gasteiger partial charge in [-0.3, -0.25) is 5.26 Å². The summed E-state index contributed by atoms with van der Waals surface area (Å²) in [4.78, 5) is 4.65. The highest BCUT2D eigenvalue weighted by Gasteiger charge is 2.30. The molecule has 0 saturated carbocycles. The van der Waals surface area contributed by atoms with Gasteiger partial charge in [-0.15, -0.1) is 0 Å². The van der Waals surface area contributed by atoms with Gasteiger partial charge in [0.1, 0.15) is 6.10 Å². The maximum Gasteiger partial charge on any atom is 0.334 e. The summed E-state index contributed by atoms with van der Waals surface area (Å²) in [7, 11) is -2.10. The van der Waals surface area contributed by atoms with Gasteiger partial charge in [0.2, 0.25) is 0 Å². The topological polar surface area (TPSA) is 47.9 Å². The lowest BCUT2D eigenvalue weighted by molar-refractivity contribution is -0.283. The molecule has 0 heterocycles. The van der Waals surface area contributed by atoms with Crippen LogP contribution in [0.3, 0.4) is 0 Å². The molecule has 0 aliphatic rings. The minimum atomic E-state index is -2.10. The summed E-state index contributed by atoms with van der Waals surface area (Å²) in [6.07, 6.45) is 3.09. The Morgan fingerprint density at radius 1 is 1.18 bits per heavy atom. The minimum Gasteiger partial charge on any atom is -0.395 e. The van der Waals surface area contributed by atoms with Crippen LogP contribution in [-0.2, 0) is 13.7 Å². The normalized spacial score (nSPS) is 13.1. The third kappa shape index (κ3) is 6.02. The van der Waals surface area contributed by atoms with E-state index in [1.165, 1.54) is 0 Å². The fourth-order valence-electron chi connectivity index (χ4n) is 2.53. The summed E-state index contributed by atoms with van der Waals surface area (Å²) < 4.78 is 11.6. The predicted octanol–water partition coefficient (Wildman–Crippen LogP) is 4.79. The second kappa shape index (κ2) is 9.92. The maximum absolute atomic E-state index is 9.17. The molecule has 1 atom stereocenters. The van der Waals surface area contributed by atoms with Crippen LogP contribution in [0.5, 0.6) is 0 Å². The molecule has 4 nitrogen and oxygen atoms in total. The van der Waals surface area contributed by atoms with Crippen molar-refractivity contribution in [3.8, 4) is 0 Å². The second-order valence-corrected chi connectivity index (χ2v) is 8.70. The third-order valence-corrected chi connectivity index (χ3v) is 6.73. The van der Waals surface area contributed by atoms with Crippen molar-refractivity contribution in [3.63, 3.8) is 0 Å². The van der Waals surface area contributed by atoms with Crippen molar-refractivity contribution in [2.24, 2.45) is 0 Å². The molecule has 0 radical (unpaired) electrons. The molecule has 22 heavy (non-hydrogen) atoms. The van der Waals surface area contributed by atoms with E-state index in [0.717, 1.165) is 30.0 Å². The molecule has 0 bridgehead atoms. The van der Waals surface area contributed by atoms with E-state index in [4.69, 9.17) is 8.85 Å². The molecule has 0 fully saturated rings. The van der Waals surface area contributed by atoms with Gasteiger partial charge in [-0.25, -0.2) is 4.89 Å². The summed E-state index contributed by atoms with van der Waals surface area (Å²) in [5, 5.41) is 9.17. The van der Waals surface area contributed by atoms with E-state index >= 15 is 0 Å². The Bertz CT molecular complexity index is 427. The zero-order chi connectivity index (χ0) is 16.4. The molecule has 0 amide bonds. The molecule has 0 spiro atoms. The minimum absolute atomic E-state index is 0.319. The Balaban J connectivity index is 2.56. The van der Waals surface area contributed by atoms with Gasteiger partial charge in [-0.1, -0.05) is 36.9 Å². The van der Waals surface area contributed by atoms with Gasteiger partial charge in [0.05, 0.1) is 0 Å². The highest BCUT2D eigenvalue weighted by molar-refractivity contribution is 6.66. The summed E-state index contributed by atoms with van der Waals surface area (Å²) in [5.41, 5.74) is 2.01. The van der Waals surface area contributed by atoms with Crippen molar-refractivity contribution in [2.75, 3.05) is 13.2 Å². The summed E-state index contributed by atoms with van der Waals surface area (Å²) in [5.74, 6) is 0. The quantitative estimate of drug-likeness (QED) is 0.361. The zero-order valence-corrected chi connectivity index (χ0v) is 14.9. The number of rotatable bonds is 11. The summed E-state index contributed by atoms with van der Waals surface area (Å²) in [6.45, 7) is 11.2. The van der Waals surface area contributed by atoms with Crippen LogP contribution in [0.4, 0.5) is 0 Å². The van der Waals surface area contributed by atoms with Crippen LogP contribution in [-0.4, -0.2) is 27.0 Å². The molecular formula is C17H28O4Si. The van der Waals surface area contributed by atoms with Crippen LogP contribution in [0.25, 0.3) is 6.08 Å². The Morgan fingerprint density at radius 3 is 2.23 bits per heavy atom. The van der Waals surface area contributed by atoms with Crippen molar-refractivity contribution in [3.05, 3.63) is 42.0 Å². The summed E-state index contributed by atoms with van der Waals surface area (Å²) in [6, 6.07) is 8.74. The largest absolute Gasteiger partial charge is 0.395 e. The van der Waals surface area contributed by atoms with Crippen molar-refractivity contribution in [2.45, 2.75) is 45.4 Å². The molecule has 1 N–H and O–H groups in total. The van der Waals surface area contributed by atoms with E-state index in [9.17, 15) is 5.26 Å². The van der Waals surface area contributed by atoms with E-state index in [2.05, 4.69) is 18.0 Å². The van der Waals surface area contributed by atoms with Gasteiger partial charge in [0.25, 0.3) is 0 Å². The first-order chi connectivity index (χ1) is 10.6. The lowest BCUT2D eigenvalue weighted by Crippen LogP contribution is -2.38. The monoisotopic (exact) mass is 324 g/mol. The first-order valence-corrected chi connectivity index (χ1v) is 10.4. The van der Waals surface area contributed by atoms with E-state index < -0.39 is 8.56 Å². The maximum atomic E-state index is 9.17. The molecule has 0 aliphatic carbocycles. The molecule has 1 rings (SSSR count). The van der Waals surface area contributed by atoms with Crippen molar-refractivity contribution in [1.29, 1.82) is 0 Å². The Kier molecular flexibility index (Phi) is 8.59. The number of hydrogen-bond acceptors (Lipinski definition) is 4. The molecule has 0 aliphatic heterocycles. The van der Waals surface area contributed by atoms with Crippen LogP contribution in [0, 0.1) is 0 Å². The Morgan fingerprint density at radius 2 is 1.77 bits per heavy atom. The molecule has 1 unspecified atom stereocenters. The van der Waals surface area contributed by atoms with Gasteiger partial charge in [-0.05, 0) is 50.4 Å². The van der Waals surface area contributed by atoms with Gasteiger partial charge in [-0.2, -0.15) is 0 Å². The van der Waals surface area contributed by atoms with Crippen LogP contribution in [0.2, 0.25) is 12.6 Å². The van der Waals surface area contributed by atoms with Crippen molar-refractivity contribution < 1.29 is 19.0 Å². The molecule has 5 heteroatoms. The lowest BCUT2D eigenvalue weighted by Gasteiger charge is -2.26. The Labute approximate surface area is 134 Å². The van der Waals surface area contributed by atoms with Crippen LogP contribution in [0.15, 0.2) is 30.8 Å². The fourth-order valence-corrected chi connectivity index (χ4v) is 4.97. The zero-order valence-electron chi connectivity index (χ0n) is 13.9. The standard InChI is InChI=1S/C17H28O4Si/c1-5-15-10-12-16(13-11-15)17(21-18)9-8-14-22(4,19-6-2)20-7-3/h5,10-13,17-18H,1,6-9,14H2,2-4H3. The molecule has 124 valence electrons. The van der Waals surface area contributed by atoms with Crippen molar-refractivity contribution in [1.82, 2.24) is 0 Å². The van der Waals surface area contributed by atoms with E-state index in [-0.39, 0.29) is 6.10 Å². The molecule has 1 aromatic carbocycles. The average molecular weight is 324 g/mol. The predicted molar refractivity (Wildman–Crippen MR) is 91.9 cm³/mol. The van der Waals surface area contributed by atoms with E-state index in [1.54, 1.807) is 6.08 Å². The highest BCUT2D eigenvalue weighted by Crippen LogP contribution is 2.26. The van der Waals surface area contributed by atoms with E-state index in [1.807, 2.05) is 38.1 Å². The third-order valence-electron chi connectivity index (χ3n) is 3.67. The highest BCUT2D eigenvalue weighted by atomic mass is 28.4. The average Bonchev–Trinajstić information content (AvgIpc) is 2.52. The van der Waals surface area contributed by atoms with Gasteiger partial charge < -0.3 is 8.85 Å². The van der Waals surface area contributed by atoms with Gasteiger partial charge in [0.15, 0.2) is 0 Å². The lowest BCUT2D eigenvalue weighted by atomic mass is 10.0. The summed E-state index contributed by atoms with van der Waals surface area (Å²) >= 11 is 0. The van der Waals surface area contributed by atoms with Gasteiger partial charge >= 0.3 is 8.56 Å². The first kappa shape index (κ1) is 19.1. The van der Waals surface area contributed by atoms with Crippen molar-refractivity contribution >= 4 is 14.6 Å². The van der Waals surface area contributed by atoms with E-state index in [0.29, 0.717) is 13.2 Å². The fraction of sp³-hybridized carbons (Fsp3) is 0.529. The smallest absolute Gasteiger partial charge is 0.334 e. The molecule has 0 saturated heterocycles. The molecular weight excluding hydrogens is 296 g/mol. The molecule has 1 aromatic rings. The molecule has 0 aromatic heterocycles. The Hall–Kier alpha value is -0.983. The van der Waals surface area contributed by atoms with Crippen LogP contribution in [0.1, 0.15) is 43.9 Å². The van der Waals surface area contributed by atoms with Gasteiger partial charge in [0, 0.05) is 13.2 Å². The first-order valence-electron chi connectivity index (χ1n) is 7.89. The van der Waals surface area contributed by atoms with Crippen LogP contribution >= 0.6 is 0 Å². The number of benzene rings is 1. The number of hydrogen-bond donors (Lipinski definition) is 1. The SMILES string of the molecule is C=Cc1ccc(C(CCC[Si](C)(OCC)OCC)OO)cc1. The second-order valence-electron chi connectivity index (χ2n) is 5.36.